The van der Waals surface area contributed by atoms with Gasteiger partial charge in [-0.2, -0.15) is 9.40 Å². The number of aryl methyl sites for hydroxylation is 1. The Labute approximate surface area is 174 Å². The molecule has 3 heterocycles. The van der Waals surface area contributed by atoms with Gasteiger partial charge >= 0.3 is 0 Å². The number of sulfonamides is 1. The molecule has 0 bridgehead atoms. The van der Waals surface area contributed by atoms with E-state index in [1.807, 2.05) is 38.1 Å². The van der Waals surface area contributed by atoms with E-state index in [-0.39, 0.29) is 22.8 Å². The van der Waals surface area contributed by atoms with Crippen molar-refractivity contribution in [3.8, 4) is 0 Å². The molecule has 1 amide bonds. The van der Waals surface area contributed by atoms with Gasteiger partial charge in [0.15, 0.2) is 0 Å². The van der Waals surface area contributed by atoms with E-state index in [0.717, 1.165) is 15.6 Å². The highest BCUT2D eigenvalue weighted by atomic mass is 32.2. The molecule has 0 aliphatic carbocycles. The van der Waals surface area contributed by atoms with Crippen LogP contribution in [0.5, 0.6) is 0 Å². The van der Waals surface area contributed by atoms with Gasteiger partial charge in [-0.1, -0.05) is 18.2 Å². The van der Waals surface area contributed by atoms with E-state index < -0.39 is 10.0 Å². The van der Waals surface area contributed by atoms with Gasteiger partial charge < -0.3 is 5.32 Å². The predicted molar refractivity (Wildman–Crippen MR) is 114 cm³/mol. The average molecular weight is 433 g/mol. The van der Waals surface area contributed by atoms with Crippen LogP contribution < -0.4 is 5.32 Å². The van der Waals surface area contributed by atoms with Gasteiger partial charge in [-0.25, -0.2) is 8.42 Å². The Morgan fingerprint density at radius 2 is 2.07 bits per heavy atom. The maximum atomic E-state index is 13.0. The summed E-state index contributed by atoms with van der Waals surface area (Å²) in [6.45, 7) is 4.66. The Bertz CT molecular complexity index is 1160. The lowest BCUT2D eigenvalue weighted by Gasteiger charge is -2.16. The molecule has 1 aliphatic heterocycles. The van der Waals surface area contributed by atoms with Gasteiger partial charge in [-0.3, -0.25) is 9.48 Å². The van der Waals surface area contributed by atoms with Crippen molar-refractivity contribution in [1.82, 2.24) is 19.4 Å². The minimum Gasteiger partial charge on any atom is -0.349 e. The summed E-state index contributed by atoms with van der Waals surface area (Å²) in [5.74, 6) is -0.115. The number of hydrogen-bond acceptors (Lipinski definition) is 5. The topological polar surface area (TPSA) is 84.3 Å². The molecule has 7 nitrogen and oxygen atoms in total. The van der Waals surface area contributed by atoms with Crippen LogP contribution in [0.1, 0.15) is 41.4 Å². The number of carbonyl (C=O) groups excluding carboxylic acids is 1. The van der Waals surface area contributed by atoms with Gasteiger partial charge in [0.1, 0.15) is 4.90 Å². The zero-order valence-electron chi connectivity index (χ0n) is 16.6. The number of nitrogens with zero attached hydrogens (tertiary/aromatic N) is 3. The third kappa shape index (κ3) is 3.70. The number of fused-ring (bicyclic) bond motifs is 1. The van der Waals surface area contributed by atoms with Gasteiger partial charge in [-0.15, -0.1) is 11.3 Å². The Balaban J connectivity index is 1.69. The number of aromatic nitrogens is 2. The van der Waals surface area contributed by atoms with Gasteiger partial charge in [0, 0.05) is 43.0 Å². The summed E-state index contributed by atoms with van der Waals surface area (Å²) < 4.78 is 30.0. The molecule has 2 aromatic heterocycles. The van der Waals surface area contributed by atoms with E-state index >= 15 is 0 Å². The maximum Gasteiger partial charge on any atom is 0.261 e. The molecule has 1 atom stereocenters. The van der Waals surface area contributed by atoms with Crippen molar-refractivity contribution in [2.24, 2.45) is 7.05 Å². The summed E-state index contributed by atoms with van der Waals surface area (Å²) in [6, 6.07) is 7.98. The Morgan fingerprint density at radius 1 is 1.31 bits per heavy atom. The SMILES string of the molecule is CC(C)NC(=O)c1sc2ccccc2c1[C@H]1CCN(S(=O)(=O)c2cnn(C)c2)C1. The van der Waals surface area contributed by atoms with Crippen LogP contribution in [-0.4, -0.2) is 47.5 Å². The fourth-order valence-corrected chi connectivity index (χ4v) is 6.51. The predicted octanol–water partition coefficient (Wildman–Crippen LogP) is 2.95. The second kappa shape index (κ2) is 7.55. The van der Waals surface area contributed by atoms with Gasteiger partial charge in [0.2, 0.25) is 10.0 Å². The van der Waals surface area contributed by atoms with Crippen LogP contribution in [0, 0.1) is 0 Å². The zero-order valence-corrected chi connectivity index (χ0v) is 18.3. The summed E-state index contributed by atoms with van der Waals surface area (Å²) in [4.78, 5) is 13.7. The molecule has 154 valence electrons. The van der Waals surface area contributed by atoms with E-state index in [1.165, 1.54) is 32.7 Å². The maximum absolute atomic E-state index is 13.0. The summed E-state index contributed by atoms with van der Waals surface area (Å²) in [5.41, 5.74) is 0.965. The Hall–Kier alpha value is -2.23. The molecule has 0 unspecified atom stereocenters. The van der Waals surface area contributed by atoms with Gasteiger partial charge in [0.05, 0.1) is 11.1 Å². The summed E-state index contributed by atoms with van der Waals surface area (Å²) in [5, 5.41) is 8.01. The van der Waals surface area contributed by atoms with Crippen molar-refractivity contribution in [3.63, 3.8) is 0 Å². The Kier molecular flexibility index (Phi) is 5.22. The third-order valence-electron chi connectivity index (χ3n) is 5.14. The van der Waals surface area contributed by atoms with E-state index in [1.54, 1.807) is 7.05 Å². The standard InChI is InChI=1S/C20H24N4O3S2/c1-13(2)22-20(25)19-18(16-6-4-5-7-17(16)28-19)14-8-9-24(11-14)29(26,27)15-10-21-23(3)12-15/h4-7,10,12-14H,8-9,11H2,1-3H3,(H,22,25)/t14-/m0/s1. The normalized spacial score (nSPS) is 18.0. The van der Waals surface area contributed by atoms with E-state index in [4.69, 9.17) is 0 Å². The average Bonchev–Trinajstić information content (AvgIpc) is 3.38. The molecule has 0 spiro atoms. The molecule has 0 radical (unpaired) electrons. The van der Waals surface area contributed by atoms with Crippen molar-refractivity contribution >= 4 is 37.4 Å². The second-order valence-electron chi connectivity index (χ2n) is 7.67. The largest absolute Gasteiger partial charge is 0.349 e. The summed E-state index contributed by atoms with van der Waals surface area (Å²) in [6.07, 6.45) is 3.58. The molecular weight excluding hydrogens is 408 g/mol. The lowest BCUT2D eigenvalue weighted by atomic mass is 9.95. The Morgan fingerprint density at radius 3 is 2.76 bits per heavy atom. The number of hydrogen-bond donors (Lipinski definition) is 1. The molecule has 0 saturated carbocycles. The molecular formula is C20H24N4O3S2. The first-order chi connectivity index (χ1) is 13.8. The second-order valence-corrected chi connectivity index (χ2v) is 10.7. The minimum absolute atomic E-state index is 0.0227. The van der Waals surface area contributed by atoms with E-state index in [9.17, 15) is 13.2 Å². The smallest absolute Gasteiger partial charge is 0.261 e. The highest BCUT2D eigenvalue weighted by molar-refractivity contribution is 7.89. The zero-order chi connectivity index (χ0) is 20.8. The van der Waals surface area contributed by atoms with Crippen molar-refractivity contribution in [2.45, 2.75) is 37.1 Å². The minimum atomic E-state index is -3.59. The molecule has 4 rings (SSSR count). The molecule has 1 aromatic carbocycles. The van der Waals surface area contributed by atoms with Crippen LogP contribution in [0.15, 0.2) is 41.6 Å². The van der Waals surface area contributed by atoms with Crippen LogP contribution in [0.3, 0.4) is 0 Å². The molecule has 3 aromatic rings. The van der Waals surface area contributed by atoms with Crippen LogP contribution in [0.4, 0.5) is 0 Å². The third-order valence-corrected chi connectivity index (χ3v) is 8.14. The lowest BCUT2D eigenvalue weighted by Crippen LogP contribution is -2.31. The summed E-state index contributed by atoms with van der Waals surface area (Å²) in [7, 11) is -1.90. The number of nitrogens with one attached hydrogen (secondary N) is 1. The molecule has 1 fully saturated rings. The quantitative estimate of drug-likeness (QED) is 0.672. The monoisotopic (exact) mass is 432 g/mol. The molecule has 9 heteroatoms. The van der Waals surface area contributed by atoms with Crippen LogP contribution in [-0.2, 0) is 17.1 Å². The number of benzene rings is 1. The highest BCUT2D eigenvalue weighted by Gasteiger charge is 2.36. The van der Waals surface area contributed by atoms with Crippen LogP contribution >= 0.6 is 11.3 Å². The fourth-order valence-electron chi connectivity index (χ4n) is 3.83. The van der Waals surface area contributed by atoms with Crippen molar-refractivity contribution in [2.75, 3.05) is 13.1 Å². The number of rotatable bonds is 5. The first-order valence-electron chi connectivity index (χ1n) is 9.58. The highest BCUT2D eigenvalue weighted by Crippen LogP contribution is 2.41. The van der Waals surface area contributed by atoms with Crippen molar-refractivity contribution < 1.29 is 13.2 Å². The summed E-state index contributed by atoms with van der Waals surface area (Å²) >= 11 is 1.48. The van der Waals surface area contributed by atoms with Crippen LogP contribution in [0.25, 0.3) is 10.1 Å². The molecule has 1 saturated heterocycles. The molecule has 1 aliphatic rings. The molecule has 29 heavy (non-hydrogen) atoms. The van der Waals surface area contributed by atoms with E-state index in [2.05, 4.69) is 10.4 Å². The van der Waals surface area contributed by atoms with Gasteiger partial charge in [-0.05, 0) is 37.3 Å². The number of thiophene rings is 1. The lowest BCUT2D eigenvalue weighted by molar-refractivity contribution is 0.0946. The fraction of sp³-hybridized carbons (Fsp3) is 0.400. The van der Waals surface area contributed by atoms with Gasteiger partial charge in [0.25, 0.3) is 5.91 Å². The van der Waals surface area contributed by atoms with Crippen molar-refractivity contribution in [1.29, 1.82) is 0 Å². The first kappa shape index (κ1) is 20.1. The first-order valence-corrected chi connectivity index (χ1v) is 11.8. The molecule has 1 N–H and O–H groups in total. The van der Waals surface area contributed by atoms with E-state index in [0.29, 0.717) is 24.4 Å². The number of amides is 1. The number of carbonyl (C=O) groups is 1. The van der Waals surface area contributed by atoms with Crippen molar-refractivity contribution in [3.05, 3.63) is 47.1 Å². The van der Waals surface area contributed by atoms with Crippen LogP contribution in [0.2, 0.25) is 0 Å².